The van der Waals surface area contributed by atoms with E-state index in [2.05, 4.69) is 16.9 Å². The Bertz CT molecular complexity index is 645. The molecule has 1 aromatic heterocycles. The monoisotopic (exact) mass is 369 g/mol. The molecule has 2 rings (SSSR count). The maximum Gasteiger partial charge on any atom is 0.195 e. The van der Waals surface area contributed by atoms with Crippen LogP contribution in [0.2, 0.25) is 5.02 Å². The second kappa shape index (κ2) is 7.96. The van der Waals surface area contributed by atoms with E-state index in [1.807, 2.05) is 4.90 Å². The van der Waals surface area contributed by atoms with Gasteiger partial charge in [0, 0.05) is 29.7 Å². The van der Waals surface area contributed by atoms with Crippen molar-refractivity contribution in [1.82, 2.24) is 9.88 Å². The Labute approximate surface area is 151 Å². The van der Waals surface area contributed by atoms with Crippen LogP contribution >= 0.6 is 23.4 Å². The first-order valence-electron chi connectivity index (χ1n) is 7.69. The van der Waals surface area contributed by atoms with Gasteiger partial charge in [0.1, 0.15) is 5.82 Å². The molecule has 0 bridgehead atoms. The highest BCUT2D eigenvalue weighted by molar-refractivity contribution is 8.03. The number of halogens is 1. The van der Waals surface area contributed by atoms with E-state index in [1.54, 1.807) is 12.3 Å². The van der Waals surface area contributed by atoms with Gasteiger partial charge in [-0.3, -0.25) is 0 Å². The highest BCUT2D eigenvalue weighted by Crippen LogP contribution is 2.32. The molecular formula is C15H24ClN7S. The van der Waals surface area contributed by atoms with E-state index in [0.717, 1.165) is 37.2 Å². The van der Waals surface area contributed by atoms with E-state index in [0.29, 0.717) is 16.0 Å². The minimum Gasteiger partial charge on any atom is -0.392 e. The number of anilines is 1. The van der Waals surface area contributed by atoms with Gasteiger partial charge in [-0.05, 0) is 32.3 Å². The number of likely N-dealkylation sites (tertiary alicyclic amines) is 1. The quantitative estimate of drug-likeness (QED) is 0.362. The minimum atomic E-state index is -0.141. The topological polar surface area (TPSA) is 133 Å². The second-order valence-electron chi connectivity index (χ2n) is 6.12. The maximum atomic E-state index is 6.20. The van der Waals surface area contributed by atoms with Crippen molar-refractivity contribution in [3.8, 4) is 0 Å². The largest absolute Gasteiger partial charge is 0.392 e. The van der Waals surface area contributed by atoms with Crippen molar-refractivity contribution in [2.45, 2.75) is 36.6 Å². The van der Waals surface area contributed by atoms with Gasteiger partial charge in [-0.25, -0.2) is 9.98 Å². The molecule has 7 nitrogen and oxygen atoms in total. The summed E-state index contributed by atoms with van der Waals surface area (Å²) in [6.45, 7) is 3.70. The van der Waals surface area contributed by atoms with Gasteiger partial charge in [0.15, 0.2) is 5.96 Å². The van der Waals surface area contributed by atoms with Crippen molar-refractivity contribution >= 4 is 35.1 Å². The molecule has 8 N–H and O–H groups in total. The van der Waals surface area contributed by atoms with E-state index in [4.69, 9.17) is 34.5 Å². The minimum absolute atomic E-state index is 0.141. The fourth-order valence-corrected chi connectivity index (χ4v) is 3.32. The predicted molar refractivity (Wildman–Crippen MR) is 101 cm³/mol. The summed E-state index contributed by atoms with van der Waals surface area (Å²) in [6, 6.07) is 1.74. The number of rotatable bonds is 3. The highest BCUT2D eigenvalue weighted by atomic mass is 35.5. The summed E-state index contributed by atoms with van der Waals surface area (Å²) in [4.78, 5) is 10.9. The lowest BCUT2D eigenvalue weighted by Crippen LogP contribution is -2.40. The van der Waals surface area contributed by atoms with Crippen LogP contribution in [0.5, 0.6) is 0 Å². The lowest BCUT2D eigenvalue weighted by Gasteiger charge is -2.23. The summed E-state index contributed by atoms with van der Waals surface area (Å²) in [5, 5.41) is 0.842. The Morgan fingerprint density at radius 2 is 2.17 bits per heavy atom. The number of nitrogens with two attached hydrogens (primary N) is 4. The van der Waals surface area contributed by atoms with Crippen LogP contribution in [0, 0.1) is 0 Å². The predicted octanol–water partition coefficient (Wildman–Crippen LogP) is 1.68. The van der Waals surface area contributed by atoms with Gasteiger partial charge in [0.25, 0.3) is 0 Å². The van der Waals surface area contributed by atoms with Crippen LogP contribution in [0.15, 0.2) is 33.4 Å². The number of hydrogen-bond acceptors (Lipinski definition) is 6. The first-order valence-corrected chi connectivity index (χ1v) is 8.88. The molecule has 0 amide bonds. The summed E-state index contributed by atoms with van der Waals surface area (Å²) in [7, 11) is 0. The van der Waals surface area contributed by atoms with Crippen LogP contribution < -0.4 is 22.9 Å². The molecule has 132 valence electrons. The van der Waals surface area contributed by atoms with Crippen molar-refractivity contribution in [3.63, 3.8) is 0 Å². The summed E-state index contributed by atoms with van der Waals surface area (Å²) in [6.07, 6.45) is 5.95. The Balaban J connectivity index is 2.02. The highest BCUT2D eigenvalue weighted by Gasteiger charge is 2.24. The third-order valence-corrected chi connectivity index (χ3v) is 5.30. The fourth-order valence-electron chi connectivity index (χ4n) is 2.41. The SMILES string of the molecule is CC1(N)CCCN(C(N)=N/C=C(\N)Sc2ccnc(N)c2Cl)CC1. The Morgan fingerprint density at radius 3 is 2.92 bits per heavy atom. The zero-order valence-electron chi connectivity index (χ0n) is 13.7. The van der Waals surface area contributed by atoms with Crippen molar-refractivity contribution in [1.29, 1.82) is 0 Å². The lowest BCUT2D eigenvalue weighted by molar-refractivity contribution is 0.391. The maximum absolute atomic E-state index is 6.20. The second-order valence-corrected chi connectivity index (χ2v) is 7.62. The third kappa shape index (κ3) is 5.19. The number of aliphatic imine (C=N–C) groups is 1. The van der Waals surface area contributed by atoms with Gasteiger partial charge < -0.3 is 27.8 Å². The van der Waals surface area contributed by atoms with Gasteiger partial charge in [0.2, 0.25) is 0 Å². The average Bonchev–Trinajstić information content (AvgIpc) is 2.70. The molecular weight excluding hydrogens is 346 g/mol. The van der Waals surface area contributed by atoms with Crippen molar-refractivity contribution < 1.29 is 0 Å². The normalized spacial score (nSPS) is 23.2. The van der Waals surface area contributed by atoms with Crippen molar-refractivity contribution in [2.24, 2.45) is 22.2 Å². The van der Waals surface area contributed by atoms with Gasteiger partial charge in [-0.2, -0.15) is 0 Å². The molecule has 0 saturated carbocycles. The van der Waals surface area contributed by atoms with E-state index in [-0.39, 0.29) is 11.4 Å². The molecule has 1 unspecified atom stereocenters. The molecule has 0 radical (unpaired) electrons. The average molecular weight is 370 g/mol. The lowest BCUT2D eigenvalue weighted by atomic mass is 9.95. The van der Waals surface area contributed by atoms with Crippen molar-refractivity contribution in [2.75, 3.05) is 18.8 Å². The van der Waals surface area contributed by atoms with Gasteiger partial charge in [-0.1, -0.05) is 23.4 Å². The van der Waals surface area contributed by atoms with Crippen LogP contribution in [-0.2, 0) is 0 Å². The van der Waals surface area contributed by atoms with Crippen LogP contribution in [0.1, 0.15) is 26.2 Å². The molecule has 0 aromatic carbocycles. The molecule has 1 aromatic rings. The summed E-state index contributed by atoms with van der Waals surface area (Å²) in [5.74, 6) is 0.712. The van der Waals surface area contributed by atoms with Crippen LogP contribution in [-0.4, -0.2) is 34.5 Å². The molecule has 1 fully saturated rings. The Hall–Kier alpha value is -1.64. The molecule has 2 heterocycles. The summed E-state index contributed by atoms with van der Waals surface area (Å²) >= 11 is 7.36. The third-order valence-electron chi connectivity index (χ3n) is 3.89. The fraction of sp³-hybridized carbons (Fsp3) is 0.467. The van der Waals surface area contributed by atoms with E-state index < -0.39 is 0 Å². The molecule has 0 aliphatic carbocycles. The molecule has 1 aliphatic heterocycles. The number of nitrogen functional groups attached to an aromatic ring is 1. The zero-order valence-corrected chi connectivity index (χ0v) is 15.3. The van der Waals surface area contributed by atoms with Gasteiger partial charge in [-0.15, -0.1) is 0 Å². The van der Waals surface area contributed by atoms with Gasteiger partial charge in [0.05, 0.1) is 16.3 Å². The van der Waals surface area contributed by atoms with Gasteiger partial charge >= 0.3 is 0 Å². The Morgan fingerprint density at radius 1 is 1.42 bits per heavy atom. The van der Waals surface area contributed by atoms with Crippen LogP contribution in [0.3, 0.4) is 0 Å². The van der Waals surface area contributed by atoms with E-state index in [9.17, 15) is 0 Å². The molecule has 1 saturated heterocycles. The number of nitrogens with zero attached hydrogens (tertiary/aromatic N) is 3. The molecule has 9 heteroatoms. The number of guanidine groups is 1. The number of aromatic nitrogens is 1. The summed E-state index contributed by atoms with van der Waals surface area (Å²) in [5.41, 5.74) is 23.8. The molecule has 0 spiro atoms. The Kier molecular flexibility index (Phi) is 6.20. The molecule has 1 atom stereocenters. The molecule has 24 heavy (non-hydrogen) atoms. The number of hydrogen-bond donors (Lipinski definition) is 4. The first-order chi connectivity index (χ1) is 11.3. The van der Waals surface area contributed by atoms with Crippen LogP contribution in [0.25, 0.3) is 0 Å². The van der Waals surface area contributed by atoms with E-state index >= 15 is 0 Å². The first kappa shape index (κ1) is 18.7. The van der Waals surface area contributed by atoms with E-state index in [1.165, 1.54) is 18.0 Å². The smallest absolute Gasteiger partial charge is 0.195 e. The standard InChI is InChI=1S/C15H24ClN7S/c1-15(20)4-2-7-23(8-5-15)14(19)22-9-11(17)24-10-3-6-21-13(18)12(10)16/h3,6,9H,2,4-5,7-8,17,20H2,1H3,(H2,18,21)(H2,19,22)/b11-9+. The van der Waals surface area contributed by atoms with Crippen molar-refractivity contribution in [3.05, 3.63) is 28.5 Å². The number of thioether (sulfide) groups is 1. The zero-order chi connectivity index (χ0) is 17.7. The molecule has 1 aliphatic rings. The van der Waals surface area contributed by atoms with Crippen LogP contribution in [0.4, 0.5) is 5.82 Å². The summed E-state index contributed by atoms with van der Waals surface area (Å²) < 4.78 is 0. The number of pyridine rings is 1.